The van der Waals surface area contributed by atoms with Crippen molar-refractivity contribution < 1.29 is 0 Å². The molecule has 7 aromatic carbocycles. The highest BCUT2D eigenvalue weighted by Gasteiger charge is 2.31. The van der Waals surface area contributed by atoms with Gasteiger partial charge in [-0.25, -0.2) is 0 Å². The molecule has 40 heavy (non-hydrogen) atoms. The van der Waals surface area contributed by atoms with Gasteiger partial charge in [-0.2, -0.15) is 0 Å². The largest absolute Gasteiger partial charge is 0.113 e. The molecule has 0 N–H and O–H groups in total. The first-order valence-electron chi connectivity index (χ1n) is 13.8. The lowest BCUT2D eigenvalue weighted by Gasteiger charge is -2.20. The molecule has 8 rings (SSSR count). The zero-order chi connectivity index (χ0) is 26.8. The van der Waals surface area contributed by atoms with Crippen LogP contribution in [0.3, 0.4) is 0 Å². The summed E-state index contributed by atoms with van der Waals surface area (Å²) in [4.78, 5) is 0. The molecule has 1 heteroatoms. The first-order valence-corrected chi connectivity index (χ1v) is 13.8. The fourth-order valence-electron chi connectivity index (χ4n) is 6.83. The highest BCUT2D eigenvalue weighted by atomic mass is 14.3. The number of hydrogen-bond acceptors (Lipinski definition) is 0. The Balaban J connectivity index is 1.57. The number of hydrogen-bond donors (Lipinski definition) is 0. The molecule has 0 saturated carbocycles. The smallest absolute Gasteiger partial charge is 0.0958 e. The predicted molar refractivity (Wildman–Crippen MR) is 172 cm³/mol. The maximum atomic E-state index is 6.31. The van der Waals surface area contributed by atoms with Gasteiger partial charge in [0.15, 0.2) is 0 Å². The first kappa shape index (κ1) is 23.1. The monoisotopic (exact) mass is 504 g/mol. The summed E-state index contributed by atoms with van der Waals surface area (Å²) in [6, 6.07) is 48.4. The molecule has 0 aromatic heterocycles. The maximum absolute atomic E-state index is 6.31. The van der Waals surface area contributed by atoms with E-state index >= 15 is 0 Å². The van der Waals surface area contributed by atoms with Gasteiger partial charge in [-0.15, -0.1) is 0 Å². The third-order valence-corrected chi connectivity index (χ3v) is 8.33. The first-order chi connectivity index (χ1) is 19.7. The van der Waals surface area contributed by atoms with E-state index in [1.54, 1.807) is 0 Å². The molecule has 184 valence electrons. The highest BCUT2D eigenvalue weighted by molar-refractivity contribution is 6.33. The van der Waals surface area contributed by atoms with Crippen molar-refractivity contribution in [2.24, 2.45) is 0 Å². The quantitative estimate of drug-likeness (QED) is 0.210. The van der Waals surface area contributed by atoms with Crippen LogP contribution >= 0.6 is 0 Å². The van der Waals surface area contributed by atoms with Gasteiger partial charge in [0.1, 0.15) is 7.85 Å². The van der Waals surface area contributed by atoms with E-state index in [1.165, 1.54) is 77.2 Å². The normalized spacial score (nSPS) is 11.7. The van der Waals surface area contributed by atoms with Gasteiger partial charge in [-0.05, 0) is 84.1 Å². The summed E-state index contributed by atoms with van der Waals surface area (Å²) in [6.45, 7) is 2.11. The van der Waals surface area contributed by atoms with E-state index in [9.17, 15) is 0 Å². The Bertz CT molecular complexity index is 1990. The lowest BCUT2D eigenvalue weighted by molar-refractivity contribution is 1.49. The minimum atomic E-state index is 0.797. The van der Waals surface area contributed by atoms with Gasteiger partial charge in [0.25, 0.3) is 0 Å². The lowest BCUT2D eigenvalue weighted by atomic mass is 9.82. The molecule has 7 aromatic rings. The van der Waals surface area contributed by atoms with Crippen LogP contribution in [0.4, 0.5) is 0 Å². The summed E-state index contributed by atoms with van der Waals surface area (Å²) in [5, 5.41) is 5.14. The molecule has 0 spiro atoms. The molecular weight excluding hydrogens is 479 g/mol. The fourth-order valence-corrected chi connectivity index (χ4v) is 6.83. The van der Waals surface area contributed by atoms with Crippen molar-refractivity contribution in [3.8, 4) is 55.6 Å². The fraction of sp³-hybridized carbons (Fsp3) is 0.0256. The van der Waals surface area contributed by atoms with Gasteiger partial charge in [0, 0.05) is 0 Å². The Morgan fingerprint density at radius 3 is 1.52 bits per heavy atom. The Hall–Kier alpha value is -4.88. The molecule has 0 fully saturated rings. The van der Waals surface area contributed by atoms with Crippen LogP contribution < -0.4 is 5.46 Å². The molecule has 0 atom stereocenters. The summed E-state index contributed by atoms with van der Waals surface area (Å²) in [6.07, 6.45) is 0. The second-order valence-corrected chi connectivity index (χ2v) is 10.8. The van der Waals surface area contributed by atoms with E-state index in [1.807, 2.05) is 6.07 Å². The summed E-state index contributed by atoms with van der Waals surface area (Å²) in [5.41, 5.74) is 14.7. The van der Waals surface area contributed by atoms with E-state index in [0.717, 1.165) is 11.0 Å². The van der Waals surface area contributed by atoms with E-state index in [4.69, 9.17) is 7.85 Å². The number of benzene rings is 7. The molecule has 0 aliphatic heterocycles. The van der Waals surface area contributed by atoms with E-state index in [2.05, 4.69) is 134 Å². The zero-order valence-electron chi connectivity index (χ0n) is 22.3. The molecular formula is C39H25B. The molecule has 0 amide bonds. The van der Waals surface area contributed by atoms with Crippen LogP contribution in [0.1, 0.15) is 5.56 Å². The van der Waals surface area contributed by atoms with Crippen LogP contribution in [0, 0.1) is 6.92 Å². The maximum Gasteiger partial charge on any atom is 0.113 e. The van der Waals surface area contributed by atoms with Gasteiger partial charge in [-0.1, -0.05) is 144 Å². The van der Waals surface area contributed by atoms with Crippen molar-refractivity contribution in [3.05, 3.63) is 139 Å². The Labute approximate surface area is 236 Å². The summed E-state index contributed by atoms with van der Waals surface area (Å²) >= 11 is 0. The van der Waals surface area contributed by atoms with Crippen LogP contribution in [-0.2, 0) is 0 Å². The van der Waals surface area contributed by atoms with Crippen LogP contribution in [0.25, 0.3) is 77.2 Å². The number of rotatable bonds is 3. The van der Waals surface area contributed by atoms with Crippen molar-refractivity contribution in [2.45, 2.75) is 6.92 Å². The summed E-state index contributed by atoms with van der Waals surface area (Å²) in [7, 11) is 6.31. The van der Waals surface area contributed by atoms with Crippen molar-refractivity contribution in [3.63, 3.8) is 0 Å². The molecule has 0 nitrogen and oxygen atoms in total. The van der Waals surface area contributed by atoms with Crippen LogP contribution in [0.5, 0.6) is 0 Å². The molecule has 0 unspecified atom stereocenters. The van der Waals surface area contributed by atoms with Crippen molar-refractivity contribution in [1.82, 2.24) is 0 Å². The molecule has 0 bridgehead atoms. The number of aryl methyl sites for hydroxylation is 1. The van der Waals surface area contributed by atoms with Gasteiger partial charge in [0.05, 0.1) is 0 Å². The molecule has 0 heterocycles. The minimum Gasteiger partial charge on any atom is -0.0958 e. The van der Waals surface area contributed by atoms with Crippen LogP contribution in [0.15, 0.2) is 133 Å². The van der Waals surface area contributed by atoms with Crippen LogP contribution in [-0.4, -0.2) is 7.85 Å². The van der Waals surface area contributed by atoms with Gasteiger partial charge >= 0.3 is 0 Å². The zero-order valence-corrected chi connectivity index (χ0v) is 22.3. The van der Waals surface area contributed by atoms with E-state index < -0.39 is 0 Å². The van der Waals surface area contributed by atoms with E-state index in [-0.39, 0.29) is 0 Å². The lowest BCUT2D eigenvalue weighted by Crippen LogP contribution is -2.02. The summed E-state index contributed by atoms with van der Waals surface area (Å²) in [5.74, 6) is 0. The van der Waals surface area contributed by atoms with Crippen LogP contribution in [0.2, 0.25) is 0 Å². The highest BCUT2D eigenvalue weighted by Crippen LogP contribution is 2.58. The topological polar surface area (TPSA) is 0 Å². The Kier molecular flexibility index (Phi) is 5.09. The SMILES string of the molecule is [B]c1cc(C)cc(-c2ccc3c4c(cccc24)-c2c-3c(-c3ccccc3)c3ccccc3c2-c2ccccc2)c1. The second-order valence-electron chi connectivity index (χ2n) is 10.8. The molecule has 1 aliphatic carbocycles. The average Bonchev–Trinajstić information content (AvgIpc) is 3.31. The summed E-state index contributed by atoms with van der Waals surface area (Å²) < 4.78 is 0. The second kappa shape index (κ2) is 8.83. The van der Waals surface area contributed by atoms with E-state index in [0.29, 0.717) is 0 Å². The Morgan fingerprint density at radius 2 is 0.925 bits per heavy atom. The van der Waals surface area contributed by atoms with Crippen molar-refractivity contribution in [2.75, 3.05) is 0 Å². The average molecular weight is 504 g/mol. The van der Waals surface area contributed by atoms with Gasteiger partial charge in [-0.3, -0.25) is 0 Å². The molecule has 1 aliphatic rings. The van der Waals surface area contributed by atoms with Crippen molar-refractivity contribution >= 4 is 34.9 Å². The third kappa shape index (κ3) is 3.34. The molecule has 0 saturated heterocycles. The molecule has 2 radical (unpaired) electrons. The Morgan fingerprint density at radius 1 is 0.400 bits per heavy atom. The minimum absolute atomic E-state index is 0.797. The number of fused-ring (bicyclic) bond motifs is 4. The third-order valence-electron chi connectivity index (χ3n) is 8.33. The predicted octanol–water partition coefficient (Wildman–Crippen LogP) is 9.74. The van der Waals surface area contributed by atoms with Crippen molar-refractivity contribution in [1.29, 1.82) is 0 Å². The standard InChI is InChI=1S/C39H25B/c1-24-21-27(23-28(40)22-24)29-19-20-34-37-30(29)17-10-18-33(37)38-35(25-11-4-2-5-12-25)31-15-8-9-16-32(31)36(39(34)38)26-13-6-3-7-14-26/h2-23H,1H3. The van der Waals surface area contributed by atoms with Gasteiger partial charge < -0.3 is 0 Å². The van der Waals surface area contributed by atoms with Gasteiger partial charge in [0.2, 0.25) is 0 Å².